The number of nitrogens with zero attached hydrogens (tertiary/aromatic N) is 2. The van der Waals surface area contributed by atoms with E-state index in [1.54, 1.807) is 16.8 Å². The molecule has 0 saturated carbocycles. The number of aromatic nitrogens is 1. The van der Waals surface area contributed by atoms with Crippen molar-refractivity contribution < 1.29 is 9.90 Å². The minimum absolute atomic E-state index is 0.0125. The first-order valence-corrected chi connectivity index (χ1v) is 6.45. The molecule has 0 radical (unpaired) electrons. The molecule has 1 aromatic carbocycles. The van der Waals surface area contributed by atoms with Gasteiger partial charge >= 0.3 is 5.97 Å². The third-order valence-electron chi connectivity index (χ3n) is 2.63. The zero-order chi connectivity index (χ0) is 13.0. The van der Waals surface area contributed by atoms with Gasteiger partial charge < -0.3 is 10.0 Å². The molecule has 4 nitrogen and oxygen atoms in total. The molecular formula is C13H14N2O2S. The Morgan fingerprint density at radius 1 is 1.39 bits per heavy atom. The number of anilines is 1. The summed E-state index contributed by atoms with van der Waals surface area (Å²) in [6.45, 7) is 2.50. The van der Waals surface area contributed by atoms with Crippen molar-refractivity contribution in [2.45, 2.75) is 13.5 Å². The van der Waals surface area contributed by atoms with E-state index in [9.17, 15) is 4.79 Å². The van der Waals surface area contributed by atoms with Crippen LogP contribution in [0.25, 0.3) is 0 Å². The van der Waals surface area contributed by atoms with E-state index in [0.29, 0.717) is 6.54 Å². The van der Waals surface area contributed by atoms with Crippen LogP contribution in [0.15, 0.2) is 35.8 Å². The topological polar surface area (TPSA) is 53.4 Å². The van der Waals surface area contributed by atoms with Gasteiger partial charge in [-0.05, 0) is 19.1 Å². The summed E-state index contributed by atoms with van der Waals surface area (Å²) in [7, 11) is 0. The first-order chi connectivity index (χ1) is 8.66. The quantitative estimate of drug-likeness (QED) is 0.899. The van der Waals surface area contributed by atoms with Crippen molar-refractivity contribution in [2.75, 3.05) is 11.4 Å². The second-order valence-electron chi connectivity index (χ2n) is 3.95. The number of rotatable bonds is 5. The van der Waals surface area contributed by atoms with E-state index < -0.39 is 5.97 Å². The van der Waals surface area contributed by atoms with Gasteiger partial charge in [-0.15, -0.1) is 11.3 Å². The average molecular weight is 262 g/mol. The van der Waals surface area contributed by atoms with Crippen LogP contribution in [0.4, 0.5) is 5.69 Å². The summed E-state index contributed by atoms with van der Waals surface area (Å²) in [5.74, 6) is -0.832. The van der Waals surface area contributed by atoms with E-state index in [0.717, 1.165) is 16.3 Å². The number of aryl methyl sites for hydroxylation is 1. The number of carboxylic acid groups (broad SMARTS) is 1. The summed E-state index contributed by atoms with van der Waals surface area (Å²) >= 11 is 1.55. The van der Waals surface area contributed by atoms with E-state index >= 15 is 0 Å². The molecule has 1 aromatic heterocycles. The minimum Gasteiger partial charge on any atom is -0.480 e. The summed E-state index contributed by atoms with van der Waals surface area (Å²) < 4.78 is 0. The Labute approximate surface area is 110 Å². The van der Waals surface area contributed by atoms with E-state index in [1.165, 1.54) is 0 Å². The molecule has 5 heteroatoms. The highest BCUT2D eigenvalue weighted by molar-refractivity contribution is 7.09. The van der Waals surface area contributed by atoms with Gasteiger partial charge in [0.1, 0.15) is 6.54 Å². The van der Waals surface area contributed by atoms with E-state index in [4.69, 9.17) is 5.11 Å². The Morgan fingerprint density at radius 3 is 2.67 bits per heavy atom. The molecule has 1 N–H and O–H groups in total. The number of hydrogen-bond acceptors (Lipinski definition) is 4. The Kier molecular flexibility index (Phi) is 3.94. The van der Waals surface area contributed by atoms with Gasteiger partial charge in [0, 0.05) is 10.6 Å². The van der Waals surface area contributed by atoms with Crippen LogP contribution in [0, 0.1) is 6.92 Å². The highest BCUT2D eigenvalue weighted by atomic mass is 32.1. The highest BCUT2D eigenvalue weighted by Crippen LogP contribution is 2.20. The van der Waals surface area contributed by atoms with Gasteiger partial charge in [-0.2, -0.15) is 0 Å². The molecule has 0 atom stereocenters. The molecule has 0 spiro atoms. The predicted octanol–water partition coefficient (Wildman–Crippen LogP) is 2.54. The molecule has 0 aliphatic carbocycles. The largest absolute Gasteiger partial charge is 0.480 e. The zero-order valence-corrected chi connectivity index (χ0v) is 10.9. The highest BCUT2D eigenvalue weighted by Gasteiger charge is 2.13. The number of para-hydroxylation sites is 1. The third kappa shape index (κ3) is 3.07. The van der Waals surface area contributed by atoms with Crippen molar-refractivity contribution >= 4 is 23.0 Å². The molecule has 2 rings (SSSR count). The normalized spacial score (nSPS) is 10.3. The molecule has 0 fully saturated rings. The molecule has 0 amide bonds. The SMILES string of the molecule is Cc1ncsc1CN(CC(=O)O)c1ccccc1. The van der Waals surface area contributed by atoms with Gasteiger partial charge in [-0.25, -0.2) is 4.98 Å². The minimum atomic E-state index is -0.832. The van der Waals surface area contributed by atoms with E-state index in [2.05, 4.69) is 4.98 Å². The Balaban J connectivity index is 2.21. The van der Waals surface area contributed by atoms with Crippen molar-refractivity contribution in [1.82, 2.24) is 4.98 Å². The number of carboxylic acids is 1. The second kappa shape index (κ2) is 5.64. The molecule has 0 bridgehead atoms. The van der Waals surface area contributed by atoms with Crippen LogP contribution in [0.3, 0.4) is 0 Å². The van der Waals surface area contributed by atoms with Gasteiger partial charge in [0.15, 0.2) is 0 Å². The molecule has 0 unspecified atom stereocenters. The smallest absolute Gasteiger partial charge is 0.323 e. The van der Waals surface area contributed by atoms with Crippen LogP contribution in [-0.4, -0.2) is 22.6 Å². The van der Waals surface area contributed by atoms with Crippen molar-refractivity contribution in [1.29, 1.82) is 0 Å². The van der Waals surface area contributed by atoms with Gasteiger partial charge in [-0.1, -0.05) is 18.2 Å². The van der Waals surface area contributed by atoms with Crippen LogP contribution in [0.2, 0.25) is 0 Å². The van der Waals surface area contributed by atoms with Crippen molar-refractivity contribution in [3.05, 3.63) is 46.4 Å². The molecule has 0 saturated heterocycles. The molecule has 0 aliphatic heterocycles. The molecular weight excluding hydrogens is 248 g/mol. The maximum Gasteiger partial charge on any atom is 0.323 e. The van der Waals surface area contributed by atoms with Crippen LogP contribution in [-0.2, 0) is 11.3 Å². The van der Waals surface area contributed by atoms with Crippen LogP contribution >= 0.6 is 11.3 Å². The summed E-state index contributed by atoms with van der Waals surface area (Å²) in [4.78, 5) is 18.1. The Hall–Kier alpha value is -1.88. The third-order valence-corrected chi connectivity index (χ3v) is 3.55. The summed E-state index contributed by atoms with van der Waals surface area (Å²) in [5, 5.41) is 8.99. The first kappa shape index (κ1) is 12.6. The second-order valence-corrected chi connectivity index (χ2v) is 4.89. The fourth-order valence-corrected chi connectivity index (χ4v) is 2.48. The Morgan fingerprint density at radius 2 is 2.11 bits per heavy atom. The maximum absolute atomic E-state index is 10.9. The van der Waals surface area contributed by atoms with Gasteiger partial charge in [-0.3, -0.25) is 4.79 Å². The standard InChI is InChI=1S/C13H14N2O2S/c1-10-12(18-9-14-10)7-15(8-13(16)17)11-5-3-2-4-6-11/h2-6,9H,7-8H2,1H3,(H,16,17). The zero-order valence-electron chi connectivity index (χ0n) is 10.0. The first-order valence-electron chi connectivity index (χ1n) is 5.57. The molecule has 94 valence electrons. The number of aliphatic carboxylic acids is 1. The molecule has 18 heavy (non-hydrogen) atoms. The predicted molar refractivity (Wildman–Crippen MR) is 72.0 cm³/mol. The van der Waals surface area contributed by atoms with Crippen molar-refractivity contribution in [2.24, 2.45) is 0 Å². The van der Waals surface area contributed by atoms with E-state index in [-0.39, 0.29) is 6.54 Å². The lowest BCUT2D eigenvalue weighted by atomic mass is 10.2. The number of benzene rings is 1. The Bertz CT molecular complexity index is 525. The van der Waals surface area contributed by atoms with Crippen LogP contribution < -0.4 is 4.90 Å². The van der Waals surface area contributed by atoms with Crippen LogP contribution in [0.5, 0.6) is 0 Å². The summed E-state index contributed by atoms with van der Waals surface area (Å²) in [6, 6.07) is 9.56. The lowest BCUT2D eigenvalue weighted by Crippen LogP contribution is -2.29. The maximum atomic E-state index is 10.9. The van der Waals surface area contributed by atoms with Crippen LogP contribution in [0.1, 0.15) is 10.6 Å². The molecule has 2 aromatic rings. The fraction of sp³-hybridized carbons (Fsp3) is 0.231. The average Bonchev–Trinajstić information content (AvgIpc) is 2.75. The van der Waals surface area contributed by atoms with Gasteiger partial charge in [0.25, 0.3) is 0 Å². The lowest BCUT2D eigenvalue weighted by molar-refractivity contribution is -0.135. The molecule has 1 heterocycles. The van der Waals surface area contributed by atoms with E-state index in [1.807, 2.05) is 42.2 Å². The summed E-state index contributed by atoms with van der Waals surface area (Å²) in [5.41, 5.74) is 3.66. The summed E-state index contributed by atoms with van der Waals surface area (Å²) in [6.07, 6.45) is 0. The van der Waals surface area contributed by atoms with Crippen molar-refractivity contribution in [3.63, 3.8) is 0 Å². The van der Waals surface area contributed by atoms with Gasteiger partial charge in [0.2, 0.25) is 0 Å². The number of carbonyl (C=O) groups is 1. The van der Waals surface area contributed by atoms with Crippen molar-refractivity contribution in [3.8, 4) is 0 Å². The number of hydrogen-bond donors (Lipinski definition) is 1. The molecule has 0 aliphatic rings. The number of thiazole rings is 1. The lowest BCUT2D eigenvalue weighted by Gasteiger charge is -2.22. The fourth-order valence-electron chi connectivity index (χ4n) is 1.69. The monoisotopic (exact) mass is 262 g/mol. The van der Waals surface area contributed by atoms with Gasteiger partial charge in [0.05, 0.1) is 17.7 Å².